The largest absolute Gasteiger partial charge is 0.494 e. The number of amides is 1. The van der Waals surface area contributed by atoms with Crippen LogP contribution in [-0.2, 0) is 24.8 Å². The molecule has 0 radical (unpaired) electrons. The van der Waals surface area contributed by atoms with E-state index in [0.717, 1.165) is 22.0 Å². The minimum absolute atomic E-state index is 0.161. The maximum atomic E-state index is 13.5. The molecule has 4 aromatic rings. The van der Waals surface area contributed by atoms with Crippen LogP contribution in [0.3, 0.4) is 0 Å². The molecule has 4 rings (SSSR count). The Morgan fingerprint density at radius 3 is 2.79 bits per heavy atom. The molecular formula is C20H19FN6O2. The lowest BCUT2D eigenvalue weighted by molar-refractivity contribution is -0.115. The fourth-order valence-corrected chi connectivity index (χ4v) is 3.07. The van der Waals surface area contributed by atoms with E-state index in [0.29, 0.717) is 12.4 Å². The van der Waals surface area contributed by atoms with E-state index in [-0.39, 0.29) is 18.1 Å². The minimum Gasteiger partial charge on any atom is -0.494 e. The van der Waals surface area contributed by atoms with Crippen molar-refractivity contribution in [2.24, 2.45) is 7.05 Å². The summed E-state index contributed by atoms with van der Waals surface area (Å²) >= 11 is 0. The van der Waals surface area contributed by atoms with Gasteiger partial charge in [0, 0.05) is 12.4 Å². The second-order valence-electron chi connectivity index (χ2n) is 6.62. The summed E-state index contributed by atoms with van der Waals surface area (Å²) in [4.78, 5) is 13.8. The third kappa shape index (κ3) is 4.08. The van der Waals surface area contributed by atoms with Gasteiger partial charge in [0.2, 0.25) is 5.91 Å². The molecule has 8 nitrogen and oxygen atoms in total. The van der Waals surface area contributed by atoms with E-state index in [9.17, 15) is 9.18 Å². The summed E-state index contributed by atoms with van der Waals surface area (Å²) in [6.07, 6.45) is 3.47. The standard InChI is InChI=1S/C20H19FN6O2/c1-26-17-7-13(3-5-15(17)10-22-26)9-20(28)24-19-11-23-27(25-19)12-14-4-6-16(21)18(8-14)29-2/h3-8,10-11H,9,12H2,1-2H3,(H,24,25,28). The Morgan fingerprint density at radius 1 is 1.14 bits per heavy atom. The number of carbonyl (C=O) groups excluding carboxylic acids is 1. The van der Waals surface area contributed by atoms with E-state index in [4.69, 9.17) is 4.74 Å². The van der Waals surface area contributed by atoms with Crippen molar-refractivity contribution in [1.29, 1.82) is 0 Å². The topological polar surface area (TPSA) is 86.9 Å². The summed E-state index contributed by atoms with van der Waals surface area (Å²) in [5.41, 5.74) is 2.63. The average molecular weight is 394 g/mol. The van der Waals surface area contributed by atoms with E-state index in [1.165, 1.54) is 24.2 Å². The fraction of sp³-hybridized carbons (Fsp3) is 0.200. The van der Waals surface area contributed by atoms with E-state index < -0.39 is 5.82 Å². The molecule has 2 heterocycles. The summed E-state index contributed by atoms with van der Waals surface area (Å²) < 4.78 is 20.3. The molecule has 2 aromatic carbocycles. The van der Waals surface area contributed by atoms with Crippen LogP contribution >= 0.6 is 0 Å². The first kappa shape index (κ1) is 18.6. The van der Waals surface area contributed by atoms with Gasteiger partial charge in [-0.25, -0.2) is 4.39 Å². The van der Waals surface area contributed by atoms with Crippen molar-refractivity contribution < 1.29 is 13.9 Å². The lowest BCUT2D eigenvalue weighted by Gasteiger charge is -2.05. The third-order valence-electron chi connectivity index (χ3n) is 4.52. The number of methoxy groups -OCH3 is 1. The van der Waals surface area contributed by atoms with Crippen LogP contribution < -0.4 is 10.1 Å². The number of halogens is 1. The zero-order valence-corrected chi connectivity index (χ0v) is 16.0. The number of aromatic nitrogens is 5. The SMILES string of the molecule is COc1cc(Cn2ncc(NC(=O)Cc3ccc4cnn(C)c4c3)n2)ccc1F. The molecule has 0 spiro atoms. The molecule has 0 unspecified atom stereocenters. The van der Waals surface area contributed by atoms with Crippen molar-refractivity contribution in [2.75, 3.05) is 12.4 Å². The summed E-state index contributed by atoms with van der Waals surface area (Å²) in [7, 11) is 3.27. The molecule has 0 bridgehead atoms. The van der Waals surface area contributed by atoms with Gasteiger partial charge in [0.15, 0.2) is 17.4 Å². The lowest BCUT2D eigenvalue weighted by atomic mass is 10.1. The Morgan fingerprint density at radius 2 is 1.97 bits per heavy atom. The monoisotopic (exact) mass is 394 g/mol. The summed E-state index contributed by atoms with van der Waals surface area (Å²) in [6, 6.07) is 10.3. The number of aryl methyl sites for hydroxylation is 1. The Kier molecular flexibility index (Phi) is 4.94. The number of fused-ring (bicyclic) bond motifs is 1. The number of benzene rings is 2. The fourth-order valence-electron chi connectivity index (χ4n) is 3.07. The molecule has 0 saturated heterocycles. The van der Waals surface area contributed by atoms with Gasteiger partial charge in [-0.2, -0.15) is 15.0 Å². The molecule has 0 aliphatic rings. The Labute approximate surface area is 165 Å². The highest BCUT2D eigenvalue weighted by Gasteiger charge is 2.10. The molecule has 29 heavy (non-hydrogen) atoms. The predicted molar refractivity (Wildman–Crippen MR) is 105 cm³/mol. The highest BCUT2D eigenvalue weighted by Crippen LogP contribution is 2.19. The van der Waals surface area contributed by atoms with Crippen LogP contribution in [0.5, 0.6) is 5.75 Å². The van der Waals surface area contributed by atoms with Gasteiger partial charge in [0.25, 0.3) is 0 Å². The van der Waals surface area contributed by atoms with Gasteiger partial charge in [-0.1, -0.05) is 18.2 Å². The Balaban J connectivity index is 1.40. The number of carbonyl (C=O) groups is 1. The van der Waals surface area contributed by atoms with Gasteiger partial charge in [-0.3, -0.25) is 9.48 Å². The van der Waals surface area contributed by atoms with Gasteiger partial charge >= 0.3 is 0 Å². The van der Waals surface area contributed by atoms with E-state index in [1.54, 1.807) is 23.0 Å². The number of nitrogens with zero attached hydrogens (tertiary/aromatic N) is 5. The zero-order valence-electron chi connectivity index (χ0n) is 16.0. The van der Waals surface area contributed by atoms with Gasteiger partial charge in [0.1, 0.15) is 0 Å². The van der Waals surface area contributed by atoms with Crippen LogP contribution in [0.25, 0.3) is 10.9 Å². The number of hydrogen-bond donors (Lipinski definition) is 1. The van der Waals surface area contributed by atoms with E-state index >= 15 is 0 Å². The lowest BCUT2D eigenvalue weighted by Crippen LogP contribution is -2.15. The first-order chi connectivity index (χ1) is 14.0. The molecule has 2 aromatic heterocycles. The Bertz CT molecular complexity index is 1180. The molecule has 0 aliphatic heterocycles. The maximum Gasteiger partial charge on any atom is 0.230 e. The molecule has 0 aliphatic carbocycles. The minimum atomic E-state index is -0.429. The third-order valence-corrected chi connectivity index (χ3v) is 4.52. The molecule has 0 atom stereocenters. The van der Waals surface area contributed by atoms with Crippen molar-refractivity contribution >= 4 is 22.6 Å². The second-order valence-corrected chi connectivity index (χ2v) is 6.62. The highest BCUT2D eigenvalue weighted by molar-refractivity contribution is 5.92. The van der Waals surface area contributed by atoms with Crippen LogP contribution in [0.1, 0.15) is 11.1 Å². The first-order valence-corrected chi connectivity index (χ1v) is 8.95. The number of anilines is 1. The van der Waals surface area contributed by atoms with E-state index in [1.807, 2.05) is 25.2 Å². The molecule has 1 N–H and O–H groups in total. The second kappa shape index (κ2) is 7.70. The number of hydrogen-bond acceptors (Lipinski definition) is 5. The molecule has 0 saturated carbocycles. The quantitative estimate of drug-likeness (QED) is 0.543. The zero-order chi connectivity index (χ0) is 20.4. The van der Waals surface area contributed by atoms with Crippen LogP contribution in [-0.4, -0.2) is 37.8 Å². The van der Waals surface area contributed by atoms with Gasteiger partial charge in [0.05, 0.1) is 38.0 Å². The van der Waals surface area contributed by atoms with Crippen LogP contribution in [0.15, 0.2) is 48.8 Å². The number of ether oxygens (including phenoxy) is 1. The van der Waals surface area contributed by atoms with Crippen molar-refractivity contribution in [3.05, 3.63) is 65.7 Å². The average Bonchev–Trinajstić information content (AvgIpc) is 3.29. The van der Waals surface area contributed by atoms with Crippen LogP contribution in [0.2, 0.25) is 0 Å². The molecule has 1 amide bonds. The summed E-state index contributed by atoms with van der Waals surface area (Å²) in [6.45, 7) is 0.323. The molecule has 9 heteroatoms. The highest BCUT2D eigenvalue weighted by atomic mass is 19.1. The maximum absolute atomic E-state index is 13.5. The normalized spacial score (nSPS) is 11.0. The Hall–Kier alpha value is -3.75. The van der Waals surface area contributed by atoms with Crippen molar-refractivity contribution in [2.45, 2.75) is 13.0 Å². The van der Waals surface area contributed by atoms with Crippen LogP contribution in [0.4, 0.5) is 10.2 Å². The van der Waals surface area contributed by atoms with Crippen molar-refractivity contribution in [3.8, 4) is 5.75 Å². The summed E-state index contributed by atoms with van der Waals surface area (Å²) in [5, 5.41) is 16.4. The van der Waals surface area contributed by atoms with Crippen molar-refractivity contribution in [3.63, 3.8) is 0 Å². The molecule has 0 fully saturated rings. The van der Waals surface area contributed by atoms with Gasteiger partial charge in [-0.15, -0.1) is 5.10 Å². The predicted octanol–water partition coefficient (Wildman–Crippen LogP) is 2.54. The molecular weight excluding hydrogens is 375 g/mol. The first-order valence-electron chi connectivity index (χ1n) is 8.95. The van der Waals surface area contributed by atoms with Gasteiger partial charge in [-0.05, 0) is 29.3 Å². The van der Waals surface area contributed by atoms with Gasteiger partial charge < -0.3 is 10.1 Å². The number of nitrogens with one attached hydrogen (secondary N) is 1. The number of rotatable bonds is 6. The molecule has 148 valence electrons. The van der Waals surface area contributed by atoms with E-state index in [2.05, 4.69) is 20.6 Å². The van der Waals surface area contributed by atoms with Crippen LogP contribution in [0, 0.1) is 5.82 Å². The summed E-state index contributed by atoms with van der Waals surface area (Å²) in [5.74, 6) is -0.108. The van der Waals surface area contributed by atoms with Crippen molar-refractivity contribution in [1.82, 2.24) is 24.8 Å². The smallest absolute Gasteiger partial charge is 0.230 e.